The second kappa shape index (κ2) is 2.24. The minimum absolute atomic E-state index is 0.0428. The van der Waals surface area contributed by atoms with Crippen LogP contribution in [0.5, 0.6) is 0 Å². The summed E-state index contributed by atoms with van der Waals surface area (Å²) in [5.74, 6) is 0.498. The van der Waals surface area contributed by atoms with Crippen molar-refractivity contribution in [1.29, 1.82) is 0 Å². The number of hydrogen-bond donors (Lipinski definition) is 1. The summed E-state index contributed by atoms with van der Waals surface area (Å²) in [5, 5.41) is 8.97. The molecule has 1 N–H and O–H groups in total. The van der Waals surface area contributed by atoms with Crippen molar-refractivity contribution in [2.45, 2.75) is 33.1 Å². The molecule has 2 aliphatic carbocycles. The van der Waals surface area contributed by atoms with E-state index in [-0.39, 0.29) is 5.92 Å². The van der Waals surface area contributed by atoms with Gasteiger partial charge >= 0.3 is 5.97 Å². The van der Waals surface area contributed by atoms with Crippen LogP contribution in [0.15, 0.2) is 0 Å². The minimum atomic E-state index is -0.574. The lowest BCUT2D eigenvalue weighted by Gasteiger charge is -2.24. The van der Waals surface area contributed by atoms with Crippen LogP contribution in [0, 0.1) is 23.2 Å². The van der Waals surface area contributed by atoms with Crippen LogP contribution < -0.4 is 0 Å². The van der Waals surface area contributed by atoms with Gasteiger partial charge in [0, 0.05) is 0 Å². The second-order valence-corrected chi connectivity index (χ2v) is 4.88. The number of fused-ring (bicyclic) bond motifs is 2. The predicted octanol–water partition coefficient (Wildman–Crippen LogP) is 2.14. The largest absolute Gasteiger partial charge is 0.481 e. The Hall–Kier alpha value is -0.530. The third-order valence-electron chi connectivity index (χ3n) is 4.18. The van der Waals surface area contributed by atoms with Gasteiger partial charge in [0.25, 0.3) is 0 Å². The first-order valence-electron chi connectivity index (χ1n) is 4.76. The zero-order valence-electron chi connectivity index (χ0n) is 7.71. The fourth-order valence-electron chi connectivity index (χ4n) is 3.31. The molecule has 0 aromatic heterocycles. The van der Waals surface area contributed by atoms with Gasteiger partial charge in [0.1, 0.15) is 0 Å². The molecular formula is C10H16O2. The van der Waals surface area contributed by atoms with Crippen molar-refractivity contribution in [3.05, 3.63) is 0 Å². The van der Waals surface area contributed by atoms with Crippen LogP contribution in [0.2, 0.25) is 0 Å². The Kier molecular flexibility index (Phi) is 1.51. The Morgan fingerprint density at radius 1 is 1.42 bits per heavy atom. The predicted molar refractivity (Wildman–Crippen MR) is 45.7 cm³/mol. The molecule has 2 unspecified atom stereocenters. The van der Waals surface area contributed by atoms with E-state index in [9.17, 15) is 4.79 Å². The van der Waals surface area contributed by atoms with Crippen LogP contribution in [-0.4, -0.2) is 11.1 Å². The standard InChI is InChI=1S/C10H16O2/c1-10(2)6-3-4-8(10)7(5-6)9(11)12/h6-8H,3-5H2,1-2H3,(H,11,12)/t6?,7-,8?/m0/s1. The highest BCUT2D eigenvalue weighted by molar-refractivity contribution is 5.71. The smallest absolute Gasteiger partial charge is 0.306 e. The van der Waals surface area contributed by atoms with E-state index >= 15 is 0 Å². The summed E-state index contributed by atoms with van der Waals surface area (Å²) in [6.45, 7) is 4.47. The third kappa shape index (κ3) is 0.838. The molecule has 12 heavy (non-hydrogen) atoms. The maximum absolute atomic E-state index is 10.9. The zero-order valence-corrected chi connectivity index (χ0v) is 7.71. The molecule has 2 rings (SSSR count). The van der Waals surface area contributed by atoms with E-state index in [0.29, 0.717) is 17.3 Å². The van der Waals surface area contributed by atoms with Gasteiger partial charge < -0.3 is 5.11 Å². The molecule has 2 bridgehead atoms. The molecular weight excluding hydrogens is 152 g/mol. The molecule has 0 amide bonds. The van der Waals surface area contributed by atoms with Crippen LogP contribution >= 0.6 is 0 Å². The average molecular weight is 168 g/mol. The van der Waals surface area contributed by atoms with Crippen LogP contribution in [0.4, 0.5) is 0 Å². The molecule has 2 aliphatic rings. The monoisotopic (exact) mass is 168 g/mol. The number of carboxylic acid groups (broad SMARTS) is 1. The van der Waals surface area contributed by atoms with E-state index in [4.69, 9.17) is 5.11 Å². The lowest BCUT2D eigenvalue weighted by atomic mass is 9.80. The van der Waals surface area contributed by atoms with E-state index in [1.54, 1.807) is 0 Å². The molecule has 0 saturated heterocycles. The van der Waals surface area contributed by atoms with Gasteiger partial charge in [0.2, 0.25) is 0 Å². The summed E-state index contributed by atoms with van der Waals surface area (Å²) in [6, 6.07) is 0. The first-order valence-corrected chi connectivity index (χ1v) is 4.76. The van der Waals surface area contributed by atoms with Crippen molar-refractivity contribution >= 4 is 5.97 Å². The van der Waals surface area contributed by atoms with Crippen molar-refractivity contribution in [2.24, 2.45) is 23.2 Å². The fourth-order valence-corrected chi connectivity index (χ4v) is 3.31. The summed E-state index contributed by atoms with van der Waals surface area (Å²) in [6.07, 6.45) is 3.31. The molecule has 2 nitrogen and oxygen atoms in total. The maximum atomic E-state index is 10.9. The first-order chi connectivity index (χ1) is 5.53. The normalized spacial score (nSPS) is 43.3. The summed E-state index contributed by atoms with van der Waals surface area (Å²) < 4.78 is 0. The fraction of sp³-hybridized carbons (Fsp3) is 0.900. The van der Waals surface area contributed by atoms with Crippen LogP contribution in [0.1, 0.15) is 33.1 Å². The minimum Gasteiger partial charge on any atom is -0.481 e. The van der Waals surface area contributed by atoms with Crippen molar-refractivity contribution in [2.75, 3.05) is 0 Å². The lowest BCUT2D eigenvalue weighted by molar-refractivity contribution is -0.143. The lowest BCUT2D eigenvalue weighted by Crippen LogP contribution is -2.24. The highest BCUT2D eigenvalue weighted by Crippen LogP contribution is 2.60. The topological polar surface area (TPSA) is 37.3 Å². The van der Waals surface area contributed by atoms with Crippen LogP contribution in [0.25, 0.3) is 0 Å². The molecule has 3 atom stereocenters. The zero-order chi connectivity index (χ0) is 8.93. The number of carbonyl (C=O) groups is 1. The molecule has 0 spiro atoms. The van der Waals surface area contributed by atoms with Gasteiger partial charge in [-0.1, -0.05) is 13.8 Å². The van der Waals surface area contributed by atoms with Gasteiger partial charge in [-0.2, -0.15) is 0 Å². The highest BCUT2D eigenvalue weighted by atomic mass is 16.4. The molecule has 0 aromatic carbocycles. The Balaban J connectivity index is 2.24. The van der Waals surface area contributed by atoms with E-state index in [1.165, 1.54) is 6.42 Å². The summed E-state index contributed by atoms with van der Waals surface area (Å²) in [5.41, 5.74) is 0.295. The number of carboxylic acids is 1. The second-order valence-electron chi connectivity index (χ2n) is 4.88. The summed E-state index contributed by atoms with van der Waals surface area (Å²) >= 11 is 0. The van der Waals surface area contributed by atoms with Gasteiger partial charge in [-0.05, 0) is 36.5 Å². The van der Waals surface area contributed by atoms with Crippen LogP contribution in [-0.2, 0) is 4.79 Å². The Morgan fingerprint density at radius 3 is 2.33 bits per heavy atom. The molecule has 0 radical (unpaired) electrons. The summed E-state index contributed by atoms with van der Waals surface area (Å²) in [4.78, 5) is 10.9. The van der Waals surface area contributed by atoms with Gasteiger partial charge in [0.15, 0.2) is 0 Å². The number of aliphatic carboxylic acids is 1. The van der Waals surface area contributed by atoms with Crippen molar-refractivity contribution < 1.29 is 9.90 Å². The Bertz CT molecular complexity index is 220. The third-order valence-corrected chi connectivity index (χ3v) is 4.18. The number of rotatable bonds is 1. The quantitative estimate of drug-likeness (QED) is 0.651. The van der Waals surface area contributed by atoms with E-state index in [0.717, 1.165) is 12.8 Å². The maximum Gasteiger partial charge on any atom is 0.306 e. The van der Waals surface area contributed by atoms with Gasteiger partial charge in [0.05, 0.1) is 5.92 Å². The SMILES string of the molecule is CC1(C)C2CCC1[C@@H](C(=O)O)C2. The molecule has 0 heterocycles. The Morgan fingerprint density at radius 2 is 2.08 bits per heavy atom. The molecule has 2 heteroatoms. The van der Waals surface area contributed by atoms with Gasteiger partial charge in [-0.15, -0.1) is 0 Å². The molecule has 68 valence electrons. The van der Waals surface area contributed by atoms with E-state index < -0.39 is 5.97 Å². The van der Waals surface area contributed by atoms with Gasteiger partial charge in [-0.3, -0.25) is 4.79 Å². The van der Waals surface area contributed by atoms with Gasteiger partial charge in [-0.25, -0.2) is 0 Å². The van der Waals surface area contributed by atoms with E-state index in [1.807, 2.05) is 0 Å². The average Bonchev–Trinajstić information content (AvgIpc) is 2.40. The first kappa shape index (κ1) is 8.09. The molecule has 2 saturated carbocycles. The molecule has 2 fully saturated rings. The highest BCUT2D eigenvalue weighted by Gasteiger charge is 2.55. The van der Waals surface area contributed by atoms with Crippen molar-refractivity contribution in [1.82, 2.24) is 0 Å². The molecule has 0 aromatic rings. The molecule has 0 aliphatic heterocycles. The van der Waals surface area contributed by atoms with Crippen molar-refractivity contribution in [3.63, 3.8) is 0 Å². The number of hydrogen-bond acceptors (Lipinski definition) is 1. The van der Waals surface area contributed by atoms with E-state index in [2.05, 4.69) is 13.8 Å². The van der Waals surface area contributed by atoms with Crippen LogP contribution in [0.3, 0.4) is 0 Å². The summed E-state index contributed by atoms with van der Waals surface area (Å²) in [7, 11) is 0. The van der Waals surface area contributed by atoms with Crippen molar-refractivity contribution in [3.8, 4) is 0 Å². The Labute approximate surface area is 73.0 Å².